The summed E-state index contributed by atoms with van der Waals surface area (Å²) in [6, 6.07) is 10.5. The molecule has 0 saturated heterocycles. The van der Waals surface area contributed by atoms with Crippen LogP contribution in [0.3, 0.4) is 0 Å². The molecule has 2 heterocycles. The number of rotatable bonds is 7. The van der Waals surface area contributed by atoms with Gasteiger partial charge in [-0.05, 0) is 43.9 Å². The number of nitrogens with zero attached hydrogens (tertiary/aromatic N) is 1. The summed E-state index contributed by atoms with van der Waals surface area (Å²) in [6.07, 6.45) is 4.25. The van der Waals surface area contributed by atoms with Crippen LogP contribution in [0.25, 0.3) is 0 Å². The molecule has 1 aromatic heterocycles. The minimum Gasteiger partial charge on any atom is -0.467 e. The minimum atomic E-state index is -0.359. The second kappa shape index (κ2) is 10.2. The lowest BCUT2D eigenvalue weighted by atomic mass is 9.94. The molecule has 2 aromatic rings. The monoisotopic (exact) mass is 427 g/mol. The molecule has 7 heteroatoms. The number of carbonyl (C=O) groups excluding carboxylic acids is 1. The molecule has 1 amide bonds. The van der Waals surface area contributed by atoms with Gasteiger partial charge in [-0.15, -0.1) is 24.8 Å². The fraction of sp³-hybridized carbons (Fsp3) is 0.476. The zero-order chi connectivity index (χ0) is 18.7. The van der Waals surface area contributed by atoms with Crippen molar-refractivity contribution in [2.75, 3.05) is 11.4 Å². The number of carbonyl (C=O) groups is 1. The van der Waals surface area contributed by atoms with E-state index in [0.717, 1.165) is 19.3 Å². The quantitative estimate of drug-likeness (QED) is 0.689. The smallest absolute Gasteiger partial charge is 0.254 e. The fourth-order valence-electron chi connectivity index (χ4n) is 3.54. The fourth-order valence-corrected chi connectivity index (χ4v) is 3.54. The van der Waals surface area contributed by atoms with Gasteiger partial charge < -0.3 is 20.4 Å². The summed E-state index contributed by atoms with van der Waals surface area (Å²) in [7, 11) is 0. The maximum absolute atomic E-state index is 12.7. The van der Waals surface area contributed by atoms with Crippen molar-refractivity contribution in [3.63, 3.8) is 0 Å². The van der Waals surface area contributed by atoms with E-state index in [-0.39, 0.29) is 36.3 Å². The molecule has 0 spiro atoms. The highest BCUT2D eigenvalue weighted by Gasteiger charge is 2.28. The molecule has 3 N–H and O–H groups in total. The van der Waals surface area contributed by atoms with Crippen molar-refractivity contribution in [3.05, 3.63) is 53.5 Å². The van der Waals surface area contributed by atoms with Crippen LogP contribution in [0, 0.1) is 0 Å². The molecule has 0 bridgehead atoms. The number of nitrogens with one attached hydrogen (secondary N) is 1. The zero-order valence-electron chi connectivity index (χ0n) is 16.7. The molecule has 3 rings (SSSR count). The highest BCUT2D eigenvalue weighted by molar-refractivity contribution is 5.95. The Labute approximate surface area is 179 Å². The Bertz CT molecular complexity index is 775. The predicted octanol–water partition coefficient (Wildman–Crippen LogP) is 4.32. The van der Waals surface area contributed by atoms with Gasteiger partial charge in [0, 0.05) is 23.8 Å². The average Bonchev–Trinajstić information content (AvgIpc) is 3.24. The normalized spacial score (nSPS) is 15.4. The van der Waals surface area contributed by atoms with E-state index >= 15 is 0 Å². The second-order valence-corrected chi connectivity index (χ2v) is 7.32. The summed E-state index contributed by atoms with van der Waals surface area (Å²) in [4.78, 5) is 15.0. The van der Waals surface area contributed by atoms with Crippen molar-refractivity contribution < 1.29 is 9.21 Å². The summed E-state index contributed by atoms with van der Waals surface area (Å²) in [6.45, 7) is 7.35. The van der Waals surface area contributed by atoms with Gasteiger partial charge in [0.15, 0.2) is 0 Å². The highest BCUT2D eigenvalue weighted by atomic mass is 35.5. The van der Waals surface area contributed by atoms with E-state index in [0.29, 0.717) is 30.5 Å². The molecule has 5 nitrogen and oxygen atoms in total. The molecule has 156 valence electrons. The van der Waals surface area contributed by atoms with E-state index in [1.54, 1.807) is 12.3 Å². The lowest BCUT2D eigenvalue weighted by Gasteiger charge is -2.27. The van der Waals surface area contributed by atoms with E-state index in [2.05, 4.69) is 41.4 Å². The van der Waals surface area contributed by atoms with E-state index < -0.39 is 0 Å². The van der Waals surface area contributed by atoms with Crippen molar-refractivity contribution in [2.24, 2.45) is 5.73 Å². The maximum atomic E-state index is 12.7. The van der Waals surface area contributed by atoms with Gasteiger partial charge in [-0.2, -0.15) is 0 Å². The zero-order valence-corrected chi connectivity index (χ0v) is 18.4. The maximum Gasteiger partial charge on any atom is 0.254 e. The first kappa shape index (κ1) is 24.3. The number of nitrogens with two attached hydrogens (primary N) is 1. The molecule has 1 aliphatic rings. The van der Waals surface area contributed by atoms with Gasteiger partial charge in [0.25, 0.3) is 5.91 Å². The number of amides is 1. The van der Waals surface area contributed by atoms with Gasteiger partial charge in [0.2, 0.25) is 0 Å². The molecular formula is C21H31Cl2N3O2. The number of hydrogen-bond acceptors (Lipinski definition) is 4. The van der Waals surface area contributed by atoms with Crippen molar-refractivity contribution in [1.82, 2.24) is 5.32 Å². The predicted molar refractivity (Wildman–Crippen MR) is 119 cm³/mol. The van der Waals surface area contributed by atoms with Gasteiger partial charge in [-0.3, -0.25) is 4.79 Å². The van der Waals surface area contributed by atoms with Gasteiger partial charge >= 0.3 is 0 Å². The number of para-hydroxylation sites is 1. The van der Waals surface area contributed by atoms with E-state index in [1.807, 2.05) is 13.8 Å². The number of fused-ring (bicyclic) bond motifs is 1. The van der Waals surface area contributed by atoms with Crippen LogP contribution >= 0.6 is 24.8 Å². The van der Waals surface area contributed by atoms with Crippen LogP contribution in [-0.4, -0.2) is 24.0 Å². The molecule has 1 aromatic carbocycles. The van der Waals surface area contributed by atoms with E-state index in [9.17, 15) is 4.79 Å². The lowest BCUT2D eigenvalue weighted by molar-refractivity contribution is 0.0940. The molecule has 0 aliphatic carbocycles. The Morgan fingerprint density at radius 1 is 1.25 bits per heavy atom. The first-order chi connectivity index (χ1) is 12.5. The van der Waals surface area contributed by atoms with E-state index in [4.69, 9.17) is 10.2 Å². The van der Waals surface area contributed by atoms with Crippen LogP contribution in [0.1, 0.15) is 55.3 Å². The lowest BCUT2D eigenvalue weighted by Crippen LogP contribution is -2.49. The standard InChI is InChI=1S/C21H29N3O2.2ClH/c1-4-21(22,5-2)14-23-20(25)17-10-11-26-19(17)13-24-15(3)12-16-8-6-7-9-18(16)24;;/h6-11,15H,4-5,12-14,22H2,1-3H3,(H,23,25);2*1H. The van der Waals surface area contributed by atoms with Gasteiger partial charge in [0.1, 0.15) is 5.76 Å². The summed E-state index contributed by atoms with van der Waals surface area (Å²) in [5.74, 6) is 0.576. The molecule has 0 radical (unpaired) electrons. The van der Waals surface area contributed by atoms with Crippen LogP contribution in [0.4, 0.5) is 5.69 Å². The summed E-state index contributed by atoms with van der Waals surface area (Å²) < 4.78 is 5.66. The van der Waals surface area contributed by atoms with Crippen molar-refractivity contribution in [1.29, 1.82) is 0 Å². The van der Waals surface area contributed by atoms with Crippen LogP contribution in [0.5, 0.6) is 0 Å². The molecule has 1 atom stereocenters. The third-order valence-corrected chi connectivity index (χ3v) is 5.66. The van der Waals surface area contributed by atoms with Crippen LogP contribution in [0.2, 0.25) is 0 Å². The van der Waals surface area contributed by atoms with Crippen molar-refractivity contribution >= 4 is 36.4 Å². The first-order valence-corrected chi connectivity index (χ1v) is 9.45. The van der Waals surface area contributed by atoms with Crippen LogP contribution < -0.4 is 16.0 Å². The highest BCUT2D eigenvalue weighted by Crippen LogP contribution is 2.33. The summed E-state index contributed by atoms with van der Waals surface area (Å²) in [5.41, 5.74) is 9.09. The number of anilines is 1. The van der Waals surface area contributed by atoms with E-state index in [1.165, 1.54) is 11.3 Å². The number of hydrogen-bond donors (Lipinski definition) is 2. The number of furan rings is 1. The Morgan fingerprint density at radius 2 is 1.93 bits per heavy atom. The molecule has 0 saturated carbocycles. The third-order valence-electron chi connectivity index (χ3n) is 5.66. The topological polar surface area (TPSA) is 71.5 Å². The second-order valence-electron chi connectivity index (χ2n) is 7.32. The SMILES string of the molecule is CCC(N)(CC)CNC(=O)c1ccoc1CN1c2ccccc2CC1C.Cl.Cl. The van der Waals surface area contributed by atoms with Gasteiger partial charge in [-0.25, -0.2) is 0 Å². The summed E-state index contributed by atoms with van der Waals surface area (Å²) >= 11 is 0. The van der Waals surface area contributed by atoms with Crippen molar-refractivity contribution in [3.8, 4) is 0 Å². The number of halogens is 2. The Morgan fingerprint density at radius 3 is 2.61 bits per heavy atom. The van der Waals surface area contributed by atoms with Gasteiger partial charge in [0.05, 0.1) is 18.4 Å². The molecule has 0 fully saturated rings. The van der Waals surface area contributed by atoms with Crippen LogP contribution in [-0.2, 0) is 13.0 Å². The minimum absolute atomic E-state index is 0. The Hall–Kier alpha value is -1.69. The molecule has 28 heavy (non-hydrogen) atoms. The average molecular weight is 428 g/mol. The Balaban J connectivity index is 0.00000196. The third kappa shape index (κ3) is 5.02. The largest absolute Gasteiger partial charge is 0.467 e. The molecule has 1 aliphatic heterocycles. The first-order valence-electron chi connectivity index (χ1n) is 9.45. The molecule has 1 unspecified atom stereocenters. The Kier molecular flexibility index (Phi) is 8.86. The molecular weight excluding hydrogens is 397 g/mol. The van der Waals surface area contributed by atoms with Crippen LogP contribution in [0.15, 0.2) is 41.0 Å². The number of benzene rings is 1. The van der Waals surface area contributed by atoms with Gasteiger partial charge in [-0.1, -0.05) is 32.0 Å². The van der Waals surface area contributed by atoms with Crippen molar-refractivity contribution in [2.45, 2.75) is 58.2 Å². The summed E-state index contributed by atoms with van der Waals surface area (Å²) in [5, 5.41) is 2.98.